The standard InChI is InChI=1S/C20H31N5S/c1-5-18-15-24-19(26-18)12-14-23-20(21-2)22-13-6-7-16-8-10-17(11-9-16)25(3)4/h8-11,15H,5-7,12-14H2,1-4H3,(H2,21,22,23). The van der Waals surface area contributed by atoms with Crippen LogP contribution in [0.15, 0.2) is 35.5 Å². The molecule has 6 heteroatoms. The highest BCUT2D eigenvalue weighted by molar-refractivity contribution is 7.11. The van der Waals surface area contributed by atoms with Gasteiger partial charge in [-0.15, -0.1) is 11.3 Å². The van der Waals surface area contributed by atoms with E-state index >= 15 is 0 Å². The zero-order valence-corrected chi connectivity index (χ0v) is 17.2. The van der Waals surface area contributed by atoms with Gasteiger partial charge < -0.3 is 15.5 Å². The highest BCUT2D eigenvalue weighted by atomic mass is 32.1. The van der Waals surface area contributed by atoms with Crippen LogP contribution in [-0.2, 0) is 19.3 Å². The minimum absolute atomic E-state index is 0.850. The molecule has 0 aliphatic rings. The fraction of sp³-hybridized carbons (Fsp3) is 0.500. The molecule has 0 saturated heterocycles. The fourth-order valence-electron chi connectivity index (χ4n) is 2.60. The number of aryl methyl sites for hydroxylation is 2. The van der Waals surface area contributed by atoms with E-state index in [0.29, 0.717) is 0 Å². The lowest BCUT2D eigenvalue weighted by atomic mass is 10.1. The number of aromatic nitrogens is 1. The quantitative estimate of drug-likeness (QED) is 0.403. The Morgan fingerprint density at radius 1 is 1.12 bits per heavy atom. The Bertz CT molecular complexity index is 676. The maximum Gasteiger partial charge on any atom is 0.190 e. The normalized spacial score (nSPS) is 11.5. The second kappa shape index (κ2) is 10.8. The molecule has 2 N–H and O–H groups in total. The van der Waals surface area contributed by atoms with Crippen LogP contribution in [-0.4, -0.2) is 45.2 Å². The summed E-state index contributed by atoms with van der Waals surface area (Å²) in [6.07, 6.45) is 6.12. The predicted molar refractivity (Wildman–Crippen MR) is 114 cm³/mol. The van der Waals surface area contributed by atoms with Crippen LogP contribution in [0.25, 0.3) is 0 Å². The molecular formula is C20H31N5S. The van der Waals surface area contributed by atoms with Gasteiger partial charge in [-0.1, -0.05) is 19.1 Å². The number of anilines is 1. The van der Waals surface area contributed by atoms with Gasteiger partial charge in [0.25, 0.3) is 0 Å². The molecular weight excluding hydrogens is 342 g/mol. The van der Waals surface area contributed by atoms with E-state index in [4.69, 9.17) is 0 Å². The third-order valence-electron chi connectivity index (χ3n) is 4.19. The maximum absolute atomic E-state index is 4.45. The van der Waals surface area contributed by atoms with Crippen LogP contribution < -0.4 is 15.5 Å². The molecule has 0 amide bonds. The third kappa shape index (κ3) is 6.67. The van der Waals surface area contributed by atoms with E-state index in [0.717, 1.165) is 44.7 Å². The first-order chi connectivity index (χ1) is 12.6. The van der Waals surface area contributed by atoms with Crippen molar-refractivity contribution in [2.24, 2.45) is 4.99 Å². The zero-order valence-electron chi connectivity index (χ0n) is 16.4. The van der Waals surface area contributed by atoms with Crippen molar-refractivity contribution in [2.45, 2.75) is 32.6 Å². The number of benzene rings is 1. The number of guanidine groups is 1. The molecule has 0 fully saturated rings. The zero-order chi connectivity index (χ0) is 18.8. The maximum atomic E-state index is 4.45. The second-order valence-corrected chi connectivity index (χ2v) is 7.61. The van der Waals surface area contributed by atoms with E-state index in [1.807, 2.05) is 13.2 Å². The van der Waals surface area contributed by atoms with Crippen LogP contribution in [0.2, 0.25) is 0 Å². The van der Waals surface area contributed by atoms with Crippen LogP contribution in [0, 0.1) is 0 Å². The smallest absolute Gasteiger partial charge is 0.190 e. The minimum Gasteiger partial charge on any atom is -0.378 e. The molecule has 5 nitrogen and oxygen atoms in total. The summed E-state index contributed by atoms with van der Waals surface area (Å²) in [6, 6.07) is 8.76. The molecule has 1 heterocycles. The number of hydrogen-bond acceptors (Lipinski definition) is 4. The summed E-state index contributed by atoms with van der Waals surface area (Å²) in [5.74, 6) is 0.861. The van der Waals surface area contributed by atoms with Gasteiger partial charge in [0.15, 0.2) is 5.96 Å². The summed E-state index contributed by atoms with van der Waals surface area (Å²) in [6.45, 7) is 3.92. The van der Waals surface area contributed by atoms with Crippen molar-refractivity contribution < 1.29 is 0 Å². The summed E-state index contributed by atoms with van der Waals surface area (Å²) in [5, 5.41) is 7.94. The van der Waals surface area contributed by atoms with Gasteiger partial charge in [0.05, 0.1) is 5.01 Å². The molecule has 0 radical (unpaired) electrons. The number of thiazole rings is 1. The Labute approximate surface area is 161 Å². The van der Waals surface area contributed by atoms with E-state index in [-0.39, 0.29) is 0 Å². The lowest BCUT2D eigenvalue weighted by Gasteiger charge is -2.13. The van der Waals surface area contributed by atoms with Crippen LogP contribution >= 0.6 is 11.3 Å². The van der Waals surface area contributed by atoms with Gasteiger partial charge in [0, 0.05) is 57.4 Å². The number of aliphatic imine (C=N–C) groups is 1. The molecule has 0 aliphatic heterocycles. The van der Waals surface area contributed by atoms with Gasteiger partial charge in [-0.25, -0.2) is 4.98 Å². The topological polar surface area (TPSA) is 52.6 Å². The van der Waals surface area contributed by atoms with Crippen molar-refractivity contribution in [1.82, 2.24) is 15.6 Å². The summed E-state index contributed by atoms with van der Waals surface area (Å²) in [7, 11) is 5.94. The van der Waals surface area contributed by atoms with E-state index in [1.54, 1.807) is 11.3 Å². The van der Waals surface area contributed by atoms with E-state index in [9.17, 15) is 0 Å². The van der Waals surface area contributed by atoms with E-state index < -0.39 is 0 Å². The molecule has 26 heavy (non-hydrogen) atoms. The Morgan fingerprint density at radius 3 is 2.46 bits per heavy atom. The number of nitrogens with zero attached hydrogens (tertiary/aromatic N) is 3. The molecule has 1 aromatic carbocycles. The minimum atomic E-state index is 0.850. The summed E-state index contributed by atoms with van der Waals surface area (Å²) in [5.41, 5.74) is 2.61. The first kappa shape index (κ1) is 20.2. The monoisotopic (exact) mass is 373 g/mol. The fourth-order valence-corrected chi connectivity index (χ4v) is 3.46. The molecule has 0 spiro atoms. The lowest BCUT2D eigenvalue weighted by Crippen LogP contribution is -2.38. The Hall–Kier alpha value is -2.08. The molecule has 2 rings (SSSR count). The average Bonchev–Trinajstić information content (AvgIpc) is 3.12. The third-order valence-corrected chi connectivity index (χ3v) is 5.39. The van der Waals surface area contributed by atoms with E-state index in [1.165, 1.54) is 21.1 Å². The van der Waals surface area contributed by atoms with Crippen LogP contribution in [0.3, 0.4) is 0 Å². The van der Waals surface area contributed by atoms with Crippen LogP contribution in [0.4, 0.5) is 5.69 Å². The molecule has 0 unspecified atom stereocenters. The number of nitrogens with one attached hydrogen (secondary N) is 2. The Morgan fingerprint density at radius 2 is 1.85 bits per heavy atom. The molecule has 0 atom stereocenters. The van der Waals surface area contributed by atoms with Crippen molar-refractivity contribution in [2.75, 3.05) is 39.1 Å². The van der Waals surface area contributed by atoms with Crippen molar-refractivity contribution in [3.8, 4) is 0 Å². The largest absolute Gasteiger partial charge is 0.378 e. The van der Waals surface area contributed by atoms with Gasteiger partial charge in [0.2, 0.25) is 0 Å². The van der Waals surface area contributed by atoms with Gasteiger partial charge in [-0.05, 0) is 37.0 Å². The average molecular weight is 374 g/mol. The van der Waals surface area contributed by atoms with Gasteiger partial charge in [0.1, 0.15) is 0 Å². The second-order valence-electron chi connectivity index (χ2n) is 6.41. The van der Waals surface area contributed by atoms with Crippen LogP contribution in [0.1, 0.15) is 28.8 Å². The summed E-state index contributed by atoms with van der Waals surface area (Å²) >= 11 is 1.80. The Balaban J connectivity index is 1.63. The van der Waals surface area contributed by atoms with Crippen LogP contribution in [0.5, 0.6) is 0 Å². The van der Waals surface area contributed by atoms with Gasteiger partial charge >= 0.3 is 0 Å². The Kier molecular flexibility index (Phi) is 8.41. The summed E-state index contributed by atoms with van der Waals surface area (Å²) < 4.78 is 0. The van der Waals surface area contributed by atoms with Gasteiger partial charge in [-0.3, -0.25) is 4.99 Å². The highest BCUT2D eigenvalue weighted by Gasteiger charge is 2.02. The predicted octanol–water partition coefficient (Wildman–Crippen LogP) is 3.11. The van der Waals surface area contributed by atoms with Crippen molar-refractivity contribution in [3.05, 3.63) is 45.9 Å². The first-order valence-corrected chi connectivity index (χ1v) is 10.1. The first-order valence-electron chi connectivity index (χ1n) is 9.26. The summed E-state index contributed by atoms with van der Waals surface area (Å²) in [4.78, 5) is 12.2. The van der Waals surface area contributed by atoms with Crippen molar-refractivity contribution in [3.63, 3.8) is 0 Å². The SMILES string of the molecule is CCc1cnc(CCNC(=NC)NCCCc2ccc(N(C)C)cc2)s1. The van der Waals surface area contributed by atoms with Crippen molar-refractivity contribution >= 4 is 23.0 Å². The molecule has 0 saturated carbocycles. The van der Waals surface area contributed by atoms with Crippen molar-refractivity contribution in [1.29, 1.82) is 0 Å². The lowest BCUT2D eigenvalue weighted by molar-refractivity contribution is 0.738. The van der Waals surface area contributed by atoms with Gasteiger partial charge in [-0.2, -0.15) is 0 Å². The molecule has 0 aliphatic carbocycles. The van der Waals surface area contributed by atoms with E-state index in [2.05, 4.69) is 70.8 Å². The highest BCUT2D eigenvalue weighted by Crippen LogP contribution is 2.14. The molecule has 2 aromatic rings. The number of rotatable bonds is 9. The molecule has 1 aromatic heterocycles. The number of hydrogen-bond donors (Lipinski definition) is 2. The molecule has 0 bridgehead atoms. The molecule has 142 valence electrons.